The third-order valence-electron chi connectivity index (χ3n) is 5.34. The number of carbonyl (C=O) groups is 2. The van der Waals surface area contributed by atoms with Gasteiger partial charge in [-0.2, -0.15) is 0 Å². The second kappa shape index (κ2) is 9.25. The highest BCUT2D eigenvalue weighted by Gasteiger charge is 2.41. The molecule has 162 valence electrons. The molecule has 1 aromatic carbocycles. The van der Waals surface area contributed by atoms with Crippen LogP contribution in [0.4, 0.5) is 5.69 Å². The lowest BCUT2D eigenvalue weighted by atomic mass is 9.94. The first-order valence-electron chi connectivity index (χ1n) is 10.1. The van der Waals surface area contributed by atoms with Crippen LogP contribution in [0.5, 0.6) is 0 Å². The first-order valence-corrected chi connectivity index (χ1v) is 10.9. The second-order valence-corrected chi connectivity index (χ2v) is 8.49. The highest BCUT2D eigenvalue weighted by molar-refractivity contribution is 9.10. The number of carboxylic acid groups (broad SMARTS) is 1. The summed E-state index contributed by atoms with van der Waals surface area (Å²) >= 11 is 3.22. The maximum atomic E-state index is 12.5. The van der Waals surface area contributed by atoms with Crippen LogP contribution < -0.4 is 5.32 Å². The summed E-state index contributed by atoms with van der Waals surface area (Å²) in [6, 6.07) is 4.58. The minimum Gasteiger partial charge on any atom is -0.478 e. The Bertz CT molecular complexity index is 1000. The molecule has 1 spiro atoms. The molecule has 31 heavy (non-hydrogen) atoms. The molecule has 1 aliphatic heterocycles. The molecule has 1 saturated heterocycles. The van der Waals surface area contributed by atoms with Gasteiger partial charge in [0.05, 0.1) is 35.9 Å². The quantitative estimate of drug-likeness (QED) is 0.647. The van der Waals surface area contributed by atoms with Crippen molar-refractivity contribution in [2.24, 2.45) is 0 Å². The molecule has 2 aromatic rings. The summed E-state index contributed by atoms with van der Waals surface area (Å²) in [7, 11) is 0. The lowest BCUT2D eigenvalue weighted by molar-refractivity contribution is -0.182. The van der Waals surface area contributed by atoms with Gasteiger partial charge in [0.1, 0.15) is 11.8 Å². The Morgan fingerprint density at radius 2 is 2.00 bits per heavy atom. The number of nitrogens with one attached hydrogen (secondary N) is 1. The van der Waals surface area contributed by atoms with Crippen molar-refractivity contribution in [2.75, 3.05) is 11.9 Å². The van der Waals surface area contributed by atoms with Crippen molar-refractivity contribution in [1.29, 1.82) is 0 Å². The number of carboxylic acids is 1. The van der Waals surface area contributed by atoms with Gasteiger partial charge in [-0.1, -0.05) is 28.4 Å². The zero-order valence-electron chi connectivity index (χ0n) is 16.7. The van der Waals surface area contributed by atoms with Crippen LogP contribution in [0, 0.1) is 0 Å². The number of hydrogen-bond donors (Lipinski definition) is 2. The Balaban J connectivity index is 1.38. The van der Waals surface area contributed by atoms with Gasteiger partial charge in [-0.3, -0.25) is 9.78 Å². The van der Waals surface area contributed by atoms with E-state index in [4.69, 9.17) is 9.47 Å². The Morgan fingerprint density at radius 1 is 1.19 bits per heavy atom. The molecule has 1 atom stereocenters. The van der Waals surface area contributed by atoms with E-state index >= 15 is 0 Å². The summed E-state index contributed by atoms with van der Waals surface area (Å²) in [6.45, 7) is 0.517. The van der Waals surface area contributed by atoms with E-state index in [0.717, 1.165) is 25.7 Å². The predicted octanol–water partition coefficient (Wildman–Crippen LogP) is 4.28. The Kier molecular flexibility index (Phi) is 6.45. The monoisotopic (exact) mass is 487 g/mol. The lowest BCUT2D eigenvalue weighted by Crippen LogP contribution is -2.33. The number of ether oxygens (including phenoxy) is 2. The fourth-order valence-electron chi connectivity index (χ4n) is 3.76. The van der Waals surface area contributed by atoms with E-state index < -0.39 is 17.7 Å². The topological polar surface area (TPSA) is 111 Å². The van der Waals surface area contributed by atoms with Gasteiger partial charge < -0.3 is 19.9 Å². The molecule has 1 amide bonds. The second-order valence-electron chi connectivity index (χ2n) is 7.57. The van der Waals surface area contributed by atoms with Crippen molar-refractivity contribution in [1.82, 2.24) is 9.97 Å². The Hall–Kier alpha value is -2.62. The molecule has 2 aliphatic rings. The standard InChI is InChI=1S/C22H22BrN3O5/c23-14-4-7-18(17(10-14)21(28)29)26-20(27)19-12-24-15(11-25-19)5-6-16-13-30-22(31-16)8-2-1-3-9-22/h4-7,10-12,16H,1-3,8-9,13H2,(H,26,27)(H,28,29). The minimum absolute atomic E-state index is 0.0234. The highest BCUT2D eigenvalue weighted by atomic mass is 79.9. The van der Waals surface area contributed by atoms with Crippen molar-refractivity contribution in [3.63, 3.8) is 0 Å². The van der Waals surface area contributed by atoms with Gasteiger partial charge >= 0.3 is 5.97 Å². The van der Waals surface area contributed by atoms with Crippen LogP contribution >= 0.6 is 15.9 Å². The summed E-state index contributed by atoms with van der Waals surface area (Å²) in [5.74, 6) is -2.11. The number of amides is 1. The molecule has 0 bridgehead atoms. The van der Waals surface area contributed by atoms with Crippen molar-refractivity contribution in [2.45, 2.75) is 44.0 Å². The number of rotatable bonds is 5. The molecule has 1 saturated carbocycles. The first-order chi connectivity index (χ1) is 14.9. The number of nitrogens with zero attached hydrogens (tertiary/aromatic N) is 2. The molecule has 2 fully saturated rings. The molecular formula is C22H22BrN3O5. The molecular weight excluding hydrogens is 466 g/mol. The van der Waals surface area contributed by atoms with Crippen LogP contribution in [-0.2, 0) is 9.47 Å². The molecule has 1 unspecified atom stereocenters. The van der Waals surface area contributed by atoms with Gasteiger partial charge in [0.15, 0.2) is 5.79 Å². The number of benzene rings is 1. The van der Waals surface area contributed by atoms with E-state index in [2.05, 4.69) is 31.2 Å². The van der Waals surface area contributed by atoms with Crippen molar-refractivity contribution < 1.29 is 24.2 Å². The number of carbonyl (C=O) groups excluding carboxylic acids is 1. The van der Waals surface area contributed by atoms with Gasteiger partial charge in [-0.25, -0.2) is 9.78 Å². The molecule has 4 rings (SSSR count). The van der Waals surface area contributed by atoms with E-state index in [9.17, 15) is 14.7 Å². The highest BCUT2D eigenvalue weighted by Crippen LogP contribution is 2.38. The number of anilines is 1. The van der Waals surface area contributed by atoms with Crippen LogP contribution in [0.2, 0.25) is 0 Å². The predicted molar refractivity (Wildman–Crippen MR) is 117 cm³/mol. The van der Waals surface area contributed by atoms with Crippen LogP contribution in [0.15, 0.2) is 41.1 Å². The van der Waals surface area contributed by atoms with Crippen molar-refractivity contribution in [3.05, 3.63) is 58.1 Å². The van der Waals surface area contributed by atoms with Crippen LogP contribution in [0.25, 0.3) is 6.08 Å². The molecule has 1 aromatic heterocycles. The van der Waals surface area contributed by atoms with Gasteiger partial charge in [0.25, 0.3) is 5.91 Å². The first kappa shape index (κ1) is 21.6. The third-order valence-corrected chi connectivity index (χ3v) is 5.83. The van der Waals surface area contributed by atoms with Crippen molar-refractivity contribution in [3.8, 4) is 0 Å². The summed E-state index contributed by atoms with van der Waals surface area (Å²) < 4.78 is 12.6. The van der Waals surface area contributed by atoms with Crippen LogP contribution in [0.3, 0.4) is 0 Å². The lowest BCUT2D eigenvalue weighted by Gasteiger charge is -2.31. The minimum atomic E-state index is -1.14. The largest absolute Gasteiger partial charge is 0.478 e. The zero-order chi connectivity index (χ0) is 21.8. The average Bonchev–Trinajstić information content (AvgIpc) is 3.16. The number of aromatic carboxylic acids is 1. The van der Waals surface area contributed by atoms with Crippen molar-refractivity contribution >= 4 is 39.6 Å². The fraction of sp³-hybridized carbons (Fsp3) is 0.364. The number of halogens is 1. The smallest absolute Gasteiger partial charge is 0.337 e. The molecule has 2 heterocycles. The Labute approximate surface area is 187 Å². The molecule has 1 aliphatic carbocycles. The third kappa shape index (κ3) is 5.17. The average molecular weight is 488 g/mol. The zero-order valence-corrected chi connectivity index (χ0v) is 18.3. The van der Waals surface area contributed by atoms with Gasteiger partial charge in [0.2, 0.25) is 0 Å². The normalized spacial score (nSPS) is 20.2. The Morgan fingerprint density at radius 3 is 2.71 bits per heavy atom. The number of hydrogen-bond acceptors (Lipinski definition) is 6. The molecule has 2 N–H and O–H groups in total. The summed E-state index contributed by atoms with van der Waals surface area (Å²) in [6.07, 6.45) is 11.7. The van der Waals surface area contributed by atoms with Gasteiger partial charge in [-0.15, -0.1) is 0 Å². The van der Waals surface area contributed by atoms with E-state index in [-0.39, 0.29) is 23.0 Å². The maximum Gasteiger partial charge on any atom is 0.337 e. The van der Waals surface area contributed by atoms with E-state index in [1.807, 2.05) is 6.08 Å². The maximum absolute atomic E-state index is 12.5. The molecule has 8 nitrogen and oxygen atoms in total. The van der Waals surface area contributed by atoms with E-state index in [1.54, 1.807) is 12.1 Å². The number of aromatic nitrogens is 2. The van der Waals surface area contributed by atoms with Gasteiger partial charge in [0, 0.05) is 17.3 Å². The van der Waals surface area contributed by atoms with E-state index in [0.29, 0.717) is 16.8 Å². The van der Waals surface area contributed by atoms with Crippen LogP contribution in [-0.4, -0.2) is 45.4 Å². The summed E-state index contributed by atoms with van der Waals surface area (Å²) in [5, 5.41) is 11.9. The van der Waals surface area contributed by atoms with Gasteiger partial charge in [-0.05, 0) is 37.1 Å². The SMILES string of the molecule is O=C(Nc1ccc(Br)cc1C(=O)O)c1cnc(C=CC2COC3(CCCCC3)O2)cn1. The summed E-state index contributed by atoms with van der Waals surface area (Å²) in [5.41, 5.74) is 0.823. The summed E-state index contributed by atoms with van der Waals surface area (Å²) in [4.78, 5) is 32.2. The fourth-order valence-corrected chi connectivity index (χ4v) is 4.12. The molecule has 9 heteroatoms. The molecule has 0 radical (unpaired) electrons. The van der Waals surface area contributed by atoms with E-state index in [1.165, 1.54) is 30.9 Å². The van der Waals surface area contributed by atoms with Crippen LogP contribution in [0.1, 0.15) is 58.6 Å².